The maximum absolute atomic E-state index is 12.5. The van der Waals surface area contributed by atoms with Gasteiger partial charge < -0.3 is 19.8 Å². The molecule has 0 bridgehead atoms. The Balaban J connectivity index is 4.42. The Bertz CT molecular complexity index is 571. The van der Waals surface area contributed by atoms with Crippen molar-refractivity contribution >= 4 is 13.7 Å². The second-order valence-electron chi connectivity index (χ2n) is 10.8. The number of carbonyl (C=O) groups is 1. The van der Waals surface area contributed by atoms with E-state index in [0.717, 1.165) is 38.5 Å². The highest BCUT2D eigenvalue weighted by Crippen LogP contribution is 2.43. The van der Waals surface area contributed by atoms with Crippen molar-refractivity contribution in [2.75, 3.05) is 40.9 Å². The van der Waals surface area contributed by atoms with Crippen LogP contribution in [-0.2, 0) is 18.4 Å². The van der Waals surface area contributed by atoms with Crippen molar-refractivity contribution in [1.82, 2.24) is 5.32 Å². The van der Waals surface area contributed by atoms with E-state index in [4.69, 9.17) is 9.05 Å². The quantitative estimate of drug-likeness (QED) is 0.0869. The van der Waals surface area contributed by atoms with Crippen molar-refractivity contribution in [3.8, 4) is 0 Å². The summed E-state index contributed by atoms with van der Waals surface area (Å²) >= 11 is 0. The molecule has 0 aromatic heterocycles. The molecule has 0 aliphatic heterocycles. The minimum atomic E-state index is -4.27. The van der Waals surface area contributed by atoms with Crippen molar-refractivity contribution < 1.29 is 32.9 Å². The van der Waals surface area contributed by atoms with Crippen LogP contribution in [0.1, 0.15) is 110 Å². The number of nitrogens with one attached hydrogen (secondary N) is 1. The maximum Gasteiger partial charge on any atom is 0.472 e. The number of aliphatic hydroxyl groups is 1. The van der Waals surface area contributed by atoms with Crippen LogP contribution in [0.3, 0.4) is 0 Å². The number of phosphoric ester groups is 1. The molecule has 0 rings (SSSR count). The van der Waals surface area contributed by atoms with E-state index in [2.05, 4.69) is 19.2 Å². The zero-order valence-electron chi connectivity index (χ0n) is 23.3. The summed E-state index contributed by atoms with van der Waals surface area (Å²) in [5.74, 6) is -0.161. The lowest BCUT2D eigenvalue weighted by Crippen LogP contribution is -2.46. The van der Waals surface area contributed by atoms with Crippen LogP contribution < -0.4 is 5.32 Å². The SMILES string of the molecule is CCCCCCCCCCCCC(=O)NC(COP(=O)(O)OCC[N+](C)(C)C)C(O)CCCCC. The minimum absolute atomic E-state index is 0.0755. The molecule has 9 heteroatoms. The molecule has 0 heterocycles. The number of aliphatic hydroxyl groups excluding tert-OH is 1. The molecule has 0 radical (unpaired) electrons. The second kappa shape index (κ2) is 20.5. The van der Waals surface area contributed by atoms with E-state index in [1.54, 1.807) is 0 Å². The first-order valence-electron chi connectivity index (χ1n) is 13.9. The lowest BCUT2D eigenvalue weighted by Gasteiger charge is -2.26. The fraction of sp³-hybridized carbons (Fsp3) is 0.962. The zero-order valence-corrected chi connectivity index (χ0v) is 24.2. The number of unbranched alkanes of at least 4 members (excludes halogenated alkanes) is 11. The fourth-order valence-corrected chi connectivity index (χ4v) is 4.48. The Morgan fingerprint density at radius 3 is 1.91 bits per heavy atom. The van der Waals surface area contributed by atoms with Crippen LogP contribution in [0, 0.1) is 0 Å². The van der Waals surface area contributed by atoms with Crippen LogP contribution in [0.4, 0.5) is 0 Å². The standard InChI is InChI=1S/C26H55N2O6P/c1-6-8-10-11-12-13-14-15-16-18-20-26(30)27-24(25(29)19-17-9-7-2)23-34-35(31,32)33-22-21-28(3,4)5/h24-25,29H,6-23H2,1-5H3,(H-,27,30,31,32)/p+1. The van der Waals surface area contributed by atoms with E-state index >= 15 is 0 Å². The molecular weight excluding hydrogens is 467 g/mol. The van der Waals surface area contributed by atoms with Gasteiger partial charge in [-0.1, -0.05) is 90.9 Å². The lowest BCUT2D eigenvalue weighted by atomic mass is 10.0. The summed E-state index contributed by atoms with van der Waals surface area (Å²) < 4.78 is 23.0. The summed E-state index contributed by atoms with van der Waals surface area (Å²) in [5, 5.41) is 13.4. The van der Waals surface area contributed by atoms with Gasteiger partial charge in [0.15, 0.2) is 0 Å². The Hall–Kier alpha value is -0.500. The summed E-state index contributed by atoms with van der Waals surface area (Å²) in [4.78, 5) is 22.5. The minimum Gasteiger partial charge on any atom is -0.391 e. The van der Waals surface area contributed by atoms with E-state index in [9.17, 15) is 19.4 Å². The third-order valence-corrected chi connectivity index (χ3v) is 7.09. The summed E-state index contributed by atoms with van der Waals surface area (Å²) in [7, 11) is 1.61. The predicted molar refractivity (Wildman–Crippen MR) is 143 cm³/mol. The second-order valence-corrected chi connectivity index (χ2v) is 12.2. The zero-order chi connectivity index (χ0) is 26.6. The van der Waals surface area contributed by atoms with Gasteiger partial charge in [0.25, 0.3) is 0 Å². The molecule has 0 fully saturated rings. The van der Waals surface area contributed by atoms with Gasteiger partial charge in [0.2, 0.25) is 5.91 Å². The van der Waals surface area contributed by atoms with E-state index in [0.29, 0.717) is 23.9 Å². The monoisotopic (exact) mass is 523 g/mol. The van der Waals surface area contributed by atoms with Gasteiger partial charge in [-0.3, -0.25) is 13.8 Å². The van der Waals surface area contributed by atoms with Crippen LogP contribution in [-0.4, -0.2) is 73.4 Å². The number of likely N-dealkylation sites (N-methyl/N-ethyl adjacent to an activating group) is 1. The largest absolute Gasteiger partial charge is 0.472 e. The lowest BCUT2D eigenvalue weighted by molar-refractivity contribution is -0.870. The molecule has 8 nitrogen and oxygen atoms in total. The highest BCUT2D eigenvalue weighted by molar-refractivity contribution is 7.47. The van der Waals surface area contributed by atoms with Crippen molar-refractivity contribution in [1.29, 1.82) is 0 Å². The summed E-state index contributed by atoms with van der Waals surface area (Å²) in [6.45, 7) is 4.66. The van der Waals surface area contributed by atoms with Gasteiger partial charge in [-0.2, -0.15) is 0 Å². The molecule has 3 unspecified atom stereocenters. The Kier molecular flexibility index (Phi) is 20.3. The molecule has 1 amide bonds. The van der Waals surface area contributed by atoms with Gasteiger partial charge in [0.1, 0.15) is 13.2 Å². The van der Waals surface area contributed by atoms with Crippen molar-refractivity contribution in [2.24, 2.45) is 0 Å². The third kappa shape index (κ3) is 22.4. The average molecular weight is 524 g/mol. The first-order chi connectivity index (χ1) is 16.5. The summed E-state index contributed by atoms with van der Waals surface area (Å²) in [6, 6.07) is -0.745. The molecule has 35 heavy (non-hydrogen) atoms. The molecule has 0 aliphatic carbocycles. The molecule has 3 N–H and O–H groups in total. The number of rotatable bonds is 24. The molecule has 0 aromatic rings. The molecule has 0 saturated heterocycles. The number of carbonyl (C=O) groups excluding carboxylic acids is 1. The van der Waals surface area contributed by atoms with Crippen molar-refractivity contribution in [3.05, 3.63) is 0 Å². The van der Waals surface area contributed by atoms with E-state index in [1.165, 1.54) is 44.9 Å². The highest BCUT2D eigenvalue weighted by atomic mass is 31.2. The van der Waals surface area contributed by atoms with Crippen LogP contribution in [0.25, 0.3) is 0 Å². The number of quaternary nitrogens is 1. The Morgan fingerprint density at radius 1 is 0.857 bits per heavy atom. The van der Waals surface area contributed by atoms with Gasteiger partial charge in [0.05, 0.1) is 39.9 Å². The van der Waals surface area contributed by atoms with Crippen molar-refractivity contribution in [3.63, 3.8) is 0 Å². The predicted octanol–water partition coefficient (Wildman–Crippen LogP) is 5.56. The third-order valence-electron chi connectivity index (χ3n) is 6.11. The fourth-order valence-electron chi connectivity index (χ4n) is 3.75. The van der Waals surface area contributed by atoms with Gasteiger partial charge in [0, 0.05) is 6.42 Å². The van der Waals surface area contributed by atoms with Crippen LogP contribution in [0.15, 0.2) is 0 Å². The van der Waals surface area contributed by atoms with Gasteiger partial charge >= 0.3 is 7.82 Å². The molecule has 0 aromatic carbocycles. The summed E-state index contributed by atoms with van der Waals surface area (Å²) in [6.07, 6.45) is 14.8. The first-order valence-corrected chi connectivity index (χ1v) is 15.4. The van der Waals surface area contributed by atoms with E-state index in [1.807, 2.05) is 21.1 Å². The smallest absolute Gasteiger partial charge is 0.391 e. The average Bonchev–Trinajstić information content (AvgIpc) is 2.77. The van der Waals surface area contributed by atoms with Crippen LogP contribution in [0.5, 0.6) is 0 Å². The van der Waals surface area contributed by atoms with E-state index < -0.39 is 20.0 Å². The number of phosphoric acid groups is 1. The number of hydrogen-bond acceptors (Lipinski definition) is 5. The topological polar surface area (TPSA) is 105 Å². The molecule has 210 valence electrons. The highest BCUT2D eigenvalue weighted by Gasteiger charge is 2.28. The first kappa shape index (κ1) is 34.5. The molecule has 0 spiro atoms. The Labute approximate surface area is 215 Å². The van der Waals surface area contributed by atoms with Gasteiger partial charge in [-0.25, -0.2) is 4.57 Å². The number of hydrogen-bond donors (Lipinski definition) is 3. The molecule has 0 aliphatic rings. The van der Waals surface area contributed by atoms with Gasteiger partial charge in [-0.05, 0) is 12.8 Å². The maximum atomic E-state index is 12.5. The van der Waals surface area contributed by atoms with Crippen LogP contribution >= 0.6 is 7.82 Å². The number of amides is 1. The normalized spacial score (nSPS) is 15.5. The molecule has 0 saturated carbocycles. The Morgan fingerprint density at radius 2 is 1.37 bits per heavy atom. The molecule has 3 atom stereocenters. The molecular formula is C26H56N2O6P+. The van der Waals surface area contributed by atoms with Crippen molar-refractivity contribution in [2.45, 2.75) is 122 Å². The number of nitrogens with zero attached hydrogens (tertiary/aromatic N) is 1. The van der Waals surface area contributed by atoms with E-state index in [-0.39, 0.29) is 19.1 Å². The summed E-state index contributed by atoms with van der Waals surface area (Å²) in [5.41, 5.74) is 0. The van der Waals surface area contributed by atoms with Gasteiger partial charge in [-0.15, -0.1) is 0 Å². The van der Waals surface area contributed by atoms with Crippen LogP contribution in [0.2, 0.25) is 0 Å².